The summed E-state index contributed by atoms with van der Waals surface area (Å²) in [6.07, 6.45) is 8.66. The van der Waals surface area contributed by atoms with E-state index in [0.717, 1.165) is 24.8 Å². The number of anilines is 1. The summed E-state index contributed by atoms with van der Waals surface area (Å²) < 4.78 is 15.6. The quantitative estimate of drug-likeness (QED) is 0.258. The van der Waals surface area contributed by atoms with Crippen LogP contribution in [0.1, 0.15) is 74.0 Å². The van der Waals surface area contributed by atoms with Crippen molar-refractivity contribution in [1.82, 2.24) is 24.5 Å². The van der Waals surface area contributed by atoms with Crippen LogP contribution in [-0.2, 0) is 4.74 Å². The fraction of sp³-hybridized carbons (Fsp3) is 0.370. The number of carbonyl (C=O) groups is 1. The Morgan fingerprint density at radius 2 is 2.05 bits per heavy atom. The molecule has 5 rings (SSSR count). The van der Waals surface area contributed by atoms with Gasteiger partial charge in [0.15, 0.2) is 11.9 Å². The van der Waals surface area contributed by atoms with Crippen LogP contribution in [0.3, 0.4) is 0 Å². The van der Waals surface area contributed by atoms with Crippen molar-refractivity contribution < 1.29 is 14.3 Å². The zero-order valence-corrected chi connectivity index (χ0v) is 23.0. The fourth-order valence-corrected chi connectivity index (χ4v) is 5.30. The molecule has 1 aliphatic rings. The van der Waals surface area contributed by atoms with Crippen LogP contribution in [0, 0.1) is 11.3 Å². The van der Waals surface area contributed by atoms with E-state index in [1.54, 1.807) is 27.8 Å². The molecule has 3 aromatic heterocycles. The minimum Gasteiger partial charge on any atom is -0.486 e. The van der Waals surface area contributed by atoms with Gasteiger partial charge in [0.25, 0.3) is 5.91 Å². The minimum absolute atomic E-state index is 0.117. The lowest BCUT2D eigenvalue weighted by molar-refractivity contribution is -0.0367. The van der Waals surface area contributed by atoms with Crippen LogP contribution in [0.2, 0.25) is 10.0 Å². The van der Waals surface area contributed by atoms with E-state index in [0.29, 0.717) is 45.5 Å². The van der Waals surface area contributed by atoms with Crippen molar-refractivity contribution >= 4 is 45.7 Å². The number of pyridine rings is 1. The van der Waals surface area contributed by atoms with Crippen molar-refractivity contribution in [2.24, 2.45) is 0 Å². The number of fused-ring (bicyclic) bond motifs is 1. The van der Waals surface area contributed by atoms with E-state index in [1.165, 1.54) is 12.4 Å². The van der Waals surface area contributed by atoms with E-state index < -0.39 is 12.0 Å². The van der Waals surface area contributed by atoms with Gasteiger partial charge in [0.2, 0.25) is 0 Å². The number of hydrogen-bond donors (Lipinski definition) is 1. The second kappa shape index (κ2) is 11.6. The molecule has 1 aliphatic heterocycles. The predicted molar refractivity (Wildman–Crippen MR) is 147 cm³/mol. The highest BCUT2D eigenvalue weighted by molar-refractivity contribution is 6.35. The minimum atomic E-state index is -0.472. The molecule has 1 N–H and O–H groups in total. The average molecular weight is 568 g/mol. The number of carbonyl (C=O) groups excluding carboxylic acids is 1. The summed E-state index contributed by atoms with van der Waals surface area (Å²) in [7, 11) is 0. The first kappa shape index (κ1) is 26.9. The molecule has 3 unspecified atom stereocenters. The molecule has 12 heteroatoms. The molecule has 10 nitrogen and oxygen atoms in total. The van der Waals surface area contributed by atoms with E-state index in [1.807, 2.05) is 26.0 Å². The number of amides is 1. The van der Waals surface area contributed by atoms with Crippen molar-refractivity contribution in [2.75, 3.05) is 11.9 Å². The Morgan fingerprint density at radius 1 is 1.26 bits per heavy atom. The standard InChI is InChI=1S/C27H27Cl2N7O3/c1-16(8-9-30)35-15-18(12-32-35)33-27(37)26-20-11-19(39-17(2)25-21(28)13-31-14-22(25)29)6-7-23(20)36(34-26)24-5-3-4-10-38-24/h6-7,11-17,24H,3-5,8,10H2,1-2H3,(H,33,37). The second-order valence-electron chi connectivity index (χ2n) is 9.44. The number of aromatic nitrogens is 5. The number of benzene rings is 1. The number of hydrogen-bond acceptors (Lipinski definition) is 7. The third-order valence-electron chi connectivity index (χ3n) is 6.63. The highest BCUT2D eigenvalue weighted by atomic mass is 35.5. The molecule has 4 aromatic rings. The molecule has 39 heavy (non-hydrogen) atoms. The topological polar surface area (TPSA) is 120 Å². The summed E-state index contributed by atoms with van der Waals surface area (Å²) >= 11 is 12.7. The largest absolute Gasteiger partial charge is 0.486 e. The van der Waals surface area contributed by atoms with Gasteiger partial charge in [-0.05, 0) is 51.3 Å². The number of nitrogens with zero attached hydrogens (tertiary/aromatic N) is 6. The van der Waals surface area contributed by atoms with Gasteiger partial charge in [-0.1, -0.05) is 23.2 Å². The van der Waals surface area contributed by atoms with Gasteiger partial charge in [0, 0.05) is 36.1 Å². The predicted octanol–water partition coefficient (Wildman–Crippen LogP) is 6.50. The summed E-state index contributed by atoms with van der Waals surface area (Å²) in [6.45, 7) is 4.37. The molecule has 1 saturated heterocycles. The zero-order chi connectivity index (χ0) is 27.5. The van der Waals surface area contributed by atoms with Crippen molar-refractivity contribution in [3.05, 3.63) is 64.3 Å². The Labute approximate surface area is 235 Å². The molecule has 0 saturated carbocycles. The summed E-state index contributed by atoms with van der Waals surface area (Å²) in [5, 5.41) is 22.2. The highest BCUT2D eigenvalue weighted by Gasteiger charge is 2.25. The van der Waals surface area contributed by atoms with Gasteiger partial charge in [0.05, 0.1) is 46.0 Å². The third-order valence-corrected chi connectivity index (χ3v) is 7.23. The Hall–Kier alpha value is -3.65. The maximum absolute atomic E-state index is 13.5. The maximum Gasteiger partial charge on any atom is 0.276 e. The lowest BCUT2D eigenvalue weighted by Gasteiger charge is -2.23. The van der Waals surface area contributed by atoms with Gasteiger partial charge >= 0.3 is 0 Å². The third kappa shape index (κ3) is 5.71. The molecule has 0 spiro atoms. The zero-order valence-electron chi connectivity index (χ0n) is 21.5. The molecule has 1 aromatic carbocycles. The first-order valence-corrected chi connectivity index (χ1v) is 13.4. The molecular weight excluding hydrogens is 541 g/mol. The monoisotopic (exact) mass is 567 g/mol. The summed E-state index contributed by atoms with van der Waals surface area (Å²) in [5.74, 6) is 0.128. The normalized spacial score (nSPS) is 16.9. The Balaban J connectivity index is 1.47. The second-order valence-corrected chi connectivity index (χ2v) is 10.3. The van der Waals surface area contributed by atoms with Crippen molar-refractivity contribution in [1.29, 1.82) is 5.26 Å². The molecule has 0 bridgehead atoms. The van der Waals surface area contributed by atoms with Gasteiger partial charge in [-0.2, -0.15) is 15.5 Å². The number of nitrogens with one attached hydrogen (secondary N) is 1. The average Bonchev–Trinajstić information content (AvgIpc) is 3.54. The van der Waals surface area contributed by atoms with Crippen LogP contribution in [0.15, 0.2) is 43.0 Å². The first-order chi connectivity index (χ1) is 18.9. The molecule has 202 valence electrons. The summed E-state index contributed by atoms with van der Waals surface area (Å²) in [5.41, 5.74) is 2.12. The maximum atomic E-state index is 13.5. The van der Waals surface area contributed by atoms with Crippen LogP contribution in [0.25, 0.3) is 10.9 Å². The van der Waals surface area contributed by atoms with E-state index in [-0.39, 0.29) is 18.0 Å². The fourth-order valence-electron chi connectivity index (χ4n) is 4.63. The SMILES string of the molecule is CC(Oc1ccc2c(c1)c(C(=O)Nc1cnn(C(C)CC#N)c1)nn2C1CCCCO1)c1c(Cl)cncc1Cl. The molecule has 0 aliphatic carbocycles. The van der Waals surface area contributed by atoms with Crippen LogP contribution >= 0.6 is 23.2 Å². The van der Waals surface area contributed by atoms with Gasteiger partial charge in [-0.15, -0.1) is 0 Å². The van der Waals surface area contributed by atoms with Crippen LogP contribution < -0.4 is 10.1 Å². The van der Waals surface area contributed by atoms with Crippen molar-refractivity contribution in [3.8, 4) is 11.8 Å². The van der Waals surface area contributed by atoms with E-state index in [4.69, 9.17) is 43.0 Å². The smallest absolute Gasteiger partial charge is 0.276 e. The Morgan fingerprint density at radius 3 is 2.77 bits per heavy atom. The lowest BCUT2D eigenvalue weighted by Crippen LogP contribution is -2.20. The number of ether oxygens (including phenoxy) is 2. The van der Waals surface area contributed by atoms with E-state index >= 15 is 0 Å². The van der Waals surface area contributed by atoms with Crippen molar-refractivity contribution in [3.63, 3.8) is 0 Å². The number of halogens is 2. The molecule has 4 heterocycles. The van der Waals surface area contributed by atoms with E-state index in [9.17, 15) is 4.79 Å². The van der Waals surface area contributed by atoms with Gasteiger partial charge < -0.3 is 14.8 Å². The summed E-state index contributed by atoms with van der Waals surface area (Å²) in [6, 6.07) is 7.49. The molecule has 1 fully saturated rings. The lowest BCUT2D eigenvalue weighted by atomic mass is 10.1. The highest BCUT2D eigenvalue weighted by Crippen LogP contribution is 2.35. The molecule has 3 atom stereocenters. The molecule has 0 radical (unpaired) electrons. The van der Waals surface area contributed by atoms with Crippen molar-refractivity contribution in [2.45, 2.75) is 57.9 Å². The van der Waals surface area contributed by atoms with Crippen LogP contribution in [0.4, 0.5) is 5.69 Å². The van der Waals surface area contributed by atoms with Gasteiger partial charge in [-0.25, -0.2) is 4.68 Å². The molecule has 1 amide bonds. The van der Waals surface area contributed by atoms with Crippen LogP contribution in [-0.4, -0.2) is 37.1 Å². The van der Waals surface area contributed by atoms with Gasteiger partial charge in [-0.3, -0.25) is 14.5 Å². The van der Waals surface area contributed by atoms with Gasteiger partial charge in [0.1, 0.15) is 11.9 Å². The van der Waals surface area contributed by atoms with Crippen LogP contribution in [0.5, 0.6) is 5.75 Å². The Kier molecular flexibility index (Phi) is 8.02. The molecular formula is C27H27Cl2N7O3. The number of rotatable bonds is 8. The Bertz CT molecular complexity index is 1520. The number of nitriles is 1. The summed E-state index contributed by atoms with van der Waals surface area (Å²) in [4.78, 5) is 17.5. The first-order valence-electron chi connectivity index (χ1n) is 12.7. The van der Waals surface area contributed by atoms with E-state index in [2.05, 4.69) is 21.5 Å².